The Labute approximate surface area is 165 Å². The van der Waals surface area contributed by atoms with Crippen LogP contribution in [0.5, 0.6) is 0 Å². The van der Waals surface area contributed by atoms with E-state index in [1.807, 2.05) is 0 Å². The third-order valence-electron chi connectivity index (χ3n) is 6.11. The Bertz CT molecular complexity index is 590. The number of nitrogens with zero attached hydrogens (tertiary/aromatic N) is 2. The minimum atomic E-state index is -3.07. The molecule has 3 rings (SSSR count). The maximum atomic E-state index is 13.5. The highest BCUT2D eigenvalue weighted by atomic mass is 19.3. The van der Waals surface area contributed by atoms with E-state index in [0.717, 1.165) is 45.8 Å². The van der Waals surface area contributed by atoms with E-state index in [9.17, 15) is 18.4 Å². The Balaban J connectivity index is 1.51. The fraction of sp³-hybridized carbons (Fsp3) is 0.895. The van der Waals surface area contributed by atoms with Crippen LogP contribution in [0.2, 0.25) is 0 Å². The first-order chi connectivity index (χ1) is 13.0. The highest BCUT2D eigenvalue weighted by molar-refractivity contribution is 5.87. The number of alkyl halides is 2. The van der Waals surface area contributed by atoms with Gasteiger partial charge >= 0.3 is 6.03 Å². The zero-order valence-corrected chi connectivity index (χ0v) is 16.9. The SMILES string of the molecule is CCCN1CC2(CCN(C(=O)N[C@@H](CC(C)(F)F)C(=O)NC3(N)CC3)CC2)C1. The molecule has 1 spiro atoms. The van der Waals surface area contributed by atoms with E-state index in [1.54, 1.807) is 4.90 Å². The van der Waals surface area contributed by atoms with E-state index in [0.29, 0.717) is 25.9 Å². The number of piperidine rings is 1. The first kappa shape index (κ1) is 21.2. The van der Waals surface area contributed by atoms with Crippen molar-refractivity contribution in [3.63, 3.8) is 0 Å². The lowest BCUT2D eigenvalue weighted by Crippen LogP contribution is -2.62. The Kier molecular flexibility index (Phi) is 5.87. The molecule has 3 amide bonds. The molecule has 160 valence electrons. The number of urea groups is 1. The fourth-order valence-electron chi connectivity index (χ4n) is 4.28. The lowest BCUT2D eigenvalue weighted by Gasteiger charge is -2.54. The zero-order chi connectivity index (χ0) is 20.6. The summed E-state index contributed by atoms with van der Waals surface area (Å²) in [5.74, 6) is -3.71. The number of halogens is 2. The van der Waals surface area contributed by atoms with Gasteiger partial charge in [0.25, 0.3) is 0 Å². The highest BCUT2D eigenvalue weighted by Crippen LogP contribution is 2.40. The first-order valence-corrected chi connectivity index (χ1v) is 10.3. The largest absolute Gasteiger partial charge is 0.336 e. The molecule has 7 nitrogen and oxygen atoms in total. The molecule has 28 heavy (non-hydrogen) atoms. The minimum absolute atomic E-state index is 0.289. The zero-order valence-electron chi connectivity index (χ0n) is 16.9. The Hall–Kier alpha value is -1.48. The molecule has 0 bridgehead atoms. The molecule has 3 fully saturated rings. The van der Waals surface area contributed by atoms with E-state index >= 15 is 0 Å². The van der Waals surface area contributed by atoms with E-state index in [4.69, 9.17) is 5.73 Å². The molecule has 1 aliphatic carbocycles. The molecular formula is C19H33F2N5O2. The van der Waals surface area contributed by atoms with Gasteiger partial charge in [0.1, 0.15) is 6.04 Å². The lowest BCUT2D eigenvalue weighted by molar-refractivity contribution is -0.126. The summed E-state index contributed by atoms with van der Waals surface area (Å²) >= 11 is 0. The van der Waals surface area contributed by atoms with Crippen molar-refractivity contribution >= 4 is 11.9 Å². The van der Waals surface area contributed by atoms with Crippen molar-refractivity contribution in [2.24, 2.45) is 11.1 Å². The van der Waals surface area contributed by atoms with Crippen LogP contribution in [0, 0.1) is 5.41 Å². The average Bonchev–Trinajstić information content (AvgIpc) is 3.29. The quantitative estimate of drug-likeness (QED) is 0.564. The van der Waals surface area contributed by atoms with Crippen molar-refractivity contribution in [2.75, 3.05) is 32.7 Å². The van der Waals surface area contributed by atoms with Crippen molar-refractivity contribution in [1.82, 2.24) is 20.4 Å². The average molecular weight is 402 g/mol. The van der Waals surface area contributed by atoms with Crippen LogP contribution in [0.25, 0.3) is 0 Å². The van der Waals surface area contributed by atoms with Crippen molar-refractivity contribution in [3.05, 3.63) is 0 Å². The van der Waals surface area contributed by atoms with Gasteiger partial charge in [0.15, 0.2) is 0 Å². The van der Waals surface area contributed by atoms with Crippen LogP contribution in [0.15, 0.2) is 0 Å². The molecule has 0 aromatic rings. The standard InChI is InChI=1S/C19H33F2N5O2/c1-3-8-25-12-18(13-25)6-9-26(10-7-18)16(28)23-14(11-17(2,20)21)15(27)24-19(22)4-5-19/h14H,3-13,22H2,1-2H3,(H,23,28)(H,24,27)/t14-/m0/s1. The Morgan fingerprint density at radius 3 is 2.29 bits per heavy atom. The third-order valence-corrected chi connectivity index (χ3v) is 6.11. The van der Waals surface area contributed by atoms with Gasteiger partial charge in [-0.05, 0) is 51.0 Å². The summed E-state index contributed by atoms with van der Waals surface area (Å²) in [6.45, 7) is 7.34. The van der Waals surface area contributed by atoms with Gasteiger partial charge < -0.3 is 26.2 Å². The molecule has 3 aliphatic rings. The lowest BCUT2D eigenvalue weighted by atomic mass is 9.72. The fourth-order valence-corrected chi connectivity index (χ4v) is 4.28. The van der Waals surface area contributed by atoms with Gasteiger partial charge in [-0.2, -0.15) is 0 Å². The number of amides is 3. The van der Waals surface area contributed by atoms with Crippen molar-refractivity contribution in [1.29, 1.82) is 0 Å². The van der Waals surface area contributed by atoms with Gasteiger partial charge in [0.05, 0.1) is 5.66 Å². The predicted octanol–water partition coefficient (Wildman–Crippen LogP) is 1.48. The van der Waals surface area contributed by atoms with Gasteiger partial charge in [-0.15, -0.1) is 0 Å². The van der Waals surface area contributed by atoms with Crippen LogP contribution in [0.4, 0.5) is 13.6 Å². The van der Waals surface area contributed by atoms with Crippen LogP contribution in [0.1, 0.15) is 52.4 Å². The number of hydrogen-bond donors (Lipinski definition) is 3. The second-order valence-corrected chi connectivity index (χ2v) is 9.12. The van der Waals surface area contributed by atoms with Crippen LogP contribution in [-0.4, -0.2) is 72.1 Å². The number of nitrogens with one attached hydrogen (secondary N) is 2. The molecule has 1 saturated carbocycles. The normalized spacial score (nSPS) is 24.4. The summed E-state index contributed by atoms with van der Waals surface area (Å²) in [6, 6.07) is -1.75. The molecule has 4 N–H and O–H groups in total. The predicted molar refractivity (Wildman–Crippen MR) is 102 cm³/mol. The minimum Gasteiger partial charge on any atom is -0.336 e. The second-order valence-electron chi connectivity index (χ2n) is 9.12. The number of nitrogens with two attached hydrogens (primary N) is 1. The number of rotatable bonds is 7. The van der Waals surface area contributed by atoms with E-state index in [1.165, 1.54) is 0 Å². The number of carbonyl (C=O) groups is 2. The van der Waals surface area contributed by atoms with Crippen LogP contribution >= 0.6 is 0 Å². The number of carbonyl (C=O) groups excluding carboxylic acids is 2. The monoisotopic (exact) mass is 401 g/mol. The molecule has 9 heteroatoms. The van der Waals surface area contributed by atoms with Gasteiger partial charge in [0, 0.05) is 32.6 Å². The van der Waals surface area contributed by atoms with Crippen LogP contribution in [0.3, 0.4) is 0 Å². The third kappa shape index (κ3) is 5.31. The molecule has 2 aliphatic heterocycles. The molecule has 0 radical (unpaired) electrons. The molecule has 2 saturated heterocycles. The molecule has 0 aromatic carbocycles. The van der Waals surface area contributed by atoms with E-state index < -0.39 is 36.0 Å². The highest BCUT2D eigenvalue weighted by Gasteiger charge is 2.46. The van der Waals surface area contributed by atoms with Gasteiger partial charge in [-0.25, -0.2) is 13.6 Å². The second kappa shape index (κ2) is 7.74. The summed E-state index contributed by atoms with van der Waals surface area (Å²) in [5.41, 5.74) is 5.34. The summed E-state index contributed by atoms with van der Waals surface area (Å²) in [7, 11) is 0. The molecule has 2 heterocycles. The van der Waals surface area contributed by atoms with Gasteiger partial charge in [-0.1, -0.05) is 6.92 Å². The van der Waals surface area contributed by atoms with Crippen molar-refractivity contribution in [2.45, 2.75) is 70.0 Å². The summed E-state index contributed by atoms with van der Waals surface area (Å²) in [6.07, 6.45) is 3.45. The molecule has 0 unspecified atom stereocenters. The maximum Gasteiger partial charge on any atom is 0.318 e. The summed E-state index contributed by atoms with van der Waals surface area (Å²) in [4.78, 5) is 29.1. The Morgan fingerprint density at radius 2 is 1.79 bits per heavy atom. The molecular weight excluding hydrogens is 368 g/mol. The van der Waals surface area contributed by atoms with E-state index in [2.05, 4.69) is 22.5 Å². The first-order valence-electron chi connectivity index (χ1n) is 10.3. The Morgan fingerprint density at radius 1 is 1.18 bits per heavy atom. The van der Waals surface area contributed by atoms with Crippen molar-refractivity contribution < 1.29 is 18.4 Å². The van der Waals surface area contributed by atoms with Crippen LogP contribution < -0.4 is 16.4 Å². The smallest absolute Gasteiger partial charge is 0.318 e. The summed E-state index contributed by atoms with van der Waals surface area (Å²) < 4.78 is 27.1. The number of likely N-dealkylation sites (tertiary alicyclic amines) is 2. The molecule has 0 aromatic heterocycles. The summed E-state index contributed by atoms with van der Waals surface area (Å²) in [5, 5.41) is 5.09. The maximum absolute atomic E-state index is 13.5. The molecule has 1 atom stereocenters. The van der Waals surface area contributed by atoms with Crippen molar-refractivity contribution in [3.8, 4) is 0 Å². The van der Waals surface area contributed by atoms with Gasteiger partial charge in [-0.3, -0.25) is 4.79 Å². The van der Waals surface area contributed by atoms with E-state index in [-0.39, 0.29) is 5.41 Å². The topological polar surface area (TPSA) is 90.7 Å². The number of hydrogen-bond acceptors (Lipinski definition) is 4. The van der Waals surface area contributed by atoms with Crippen LogP contribution in [-0.2, 0) is 4.79 Å². The van der Waals surface area contributed by atoms with Gasteiger partial charge in [0.2, 0.25) is 11.8 Å².